The summed E-state index contributed by atoms with van der Waals surface area (Å²) in [4.78, 5) is 20.1. The number of ether oxygens (including phenoxy) is 1. The molecule has 0 unspecified atom stereocenters. The molecule has 1 saturated heterocycles. The zero-order chi connectivity index (χ0) is 22.5. The summed E-state index contributed by atoms with van der Waals surface area (Å²) in [5.41, 5.74) is 4.26. The predicted octanol–water partition coefficient (Wildman–Crippen LogP) is 6.02. The summed E-state index contributed by atoms with van der Waals surface area (Å²) in [6.07, 6.45) is 3.61. The number of hydrogen-bond acceptors (Lipinski definition) is 5. The fourth-order valence-electron chi connectivity index (χ4n) is 4.46. The summed E-state index contributed by atoms with van der Waals surface area (Å²) in [5, 5.41) is 6.31. The summed E-state index contributed by atoms with van der Waals surface area (Å²) in [6, 6.07) is 17.0. The molecular weight excluding hydrogens is 400 g/mol. The number of carbonyl (C=O) groups is 1. The molecule has 2 aromatic carbocycles. The Hall–Kier alpha value is -3.41. The Morgan fingerprint density at radius 1 is 1.09 bits per heavy atom. The second-order valence-corrected chi connectivity index (χ2v) is 9.54. The summed E-state index contributed by atoms with van der Waals surface area (Å²) in [6.45, 7) is 8.86. The van der Waals surface area contributed by atoms with Gasteiger partial charge in [-0.1, -0.05) is 24.3 Å². The third kappa shape index (κ3) is 3.70. The molecule has 0 amide bonds. The largest absolute Gasteiger partial charge is 0.442 e. The highest BCUT2D eigenvalue weighted by atomic mass is 16.6. The minimum atomic E-state index is -0.578. The minimum Gasteiger partial charge on any atom is -0.442 e. The second kappa shape index (κ2) is 7.62. The van der Waals surface area contributed by atoms with Gasteiger partial charge in [0.15, 0.2) is 0 Å². The number of carbonyl (C=O) groups excluding carboxylic acids is 1. The molecule has 0 radical (unpaired) electrons. The van der Waals surface area contributed by atoms with E-state index in [1.807, 2.05) is 39.0 Å². The first kappa shape index (κ1) is 20.5. The maximum atomic E-state index is 12.6. The van der Waals surface area contributed by atoms with E-state index >= 15 is 0 Å². The highest BCUT2D eigenvalue weighted by molar-refractivity contribution is 5.94. The van der Waals surface area contributed by atoms with Crippen LogP contribution in [0.2, 0.25) is 0 Å². The van der Waals surface area contributed by atoms with E-state index in [2.05, 4.69) is 47.3 Å². The third-order valence-corrected chi connectivity index (χ3v) is 5.97. The van der Waals surface area contributed by atoms with Crippen LogP contribution in [0.15, 0.2) is 54.7 Å². The van der Waals surface area contributed by atoms with Crippen molar-refractivity contribution in [3.63, 3.8) is 0 Å². The molecular formula is C26H28N4O2. The average molecular weight is 429 g/mol. The Balaban J connectivity index is 1.62. The Morgan fingerprint density at radius 3 is 2.66 bits per heavy atom. The molecule has 0 aliphatic carbocycles. The lowest BCUT2D eigenvalue weighted by Gasteiger charge is -2.26. The predicted molar refractivity (Wildman–Crippen MR) is 128 cm³/mol. The number of fused-ring (bicyclic) bond motifs is 2. The van der Waals surface area contributed by atoms with Crippen LogP contribution in [0.25, 0.3) is 33.1 Å². The highest BCUT2D eigenvalue weighted by Gasteiger charge is 2.25. The van der Waals surface area contributed by atoms with Crippen LogP contribution in [0, 0.1) is 0 Å². The van der Waals surface area contributed by atoms with Gasteiger partial charge in [-0.3, -0.25) is 0 Å². The van der Waals surface area contributed by atoms with Gasteiger partial charge in [-0.15, -0.1) is 0 Å². The monoisotopic (exact) mass is 428 g/mol. The lowest BCUT2D eigenvalue weighted by atomic mass is 10.0. The van der Waals surface area contributed by atoms with Crippen molar-refractivity contribution >= 4 is 33.6 Å². The fourth-order valence-corrected chi connectivity index (χ4v) is 4.46. The van der Waals surface area contributed by atoms with Crippen LogP contribution in [-0.4, -0.2) is 39.0 Å². The van der Waals surface area contributed by atoms with Gasteiger partial charge in [-0.05, 0) is 64.8 Å². The number of benzene rings is 2. The molecule has 4 aromatic rings. The van der Waals surface area contributed by atoms with Gasteiger partial charge in [0.2, 0.25) is 0 Å². The van der Waals surface area contributed by atoms with Crippen molar-refractivity contribution in [3.8, 4) is 11.3 Å². The van der Waals surface area contributed by atoms with Crippen LogP contribution in [0.3, 0.4) is 0 Å². The molecule has 5 rings (SSSR count). The first-order valence-corrected chi connectivity index (χ1v) is 11.2. The van der Waals surface area contributed by atoms with Crippen molar-refractivity contribution in [3.05, 3.63) is 54.7 Å². The number of hydrogen-bond donors (Lipinski definition) is 0. The summed E-state index contributed by atoms with van der Waals surface area (Å²) in [5.74, 6) is 0. The molecule has 1 aliphatic rings. The van der Waals surface area contributed by atoms with E-state index in [0.717, 1.165) is 45.3 Å². The molecule has 3 heterocycles. The van der Waals surface area contributed by atoms with Crippen LogP contribution in [-0.2, 0) is 4.74 Å². The van der Waals surface area contributed by atoms with Crippen LogP contribution in [0.4, 0.5) is 10.5 Å². The lowest BCUT2D eigenvalue weighted by Crippen LogP contribution is -2.27. The Kier molecular flexibility index (Phi) is 4.88. The molecule has 1 fully saturated rings. The van der Waals surface area contributed by atoms with Gasteiger partial charge < -0.3 is 9.64 Å². The van der Waals surface area contributed by atoms with Gasteiger partial charge in [0.1, 0.15) is 5.60 Å². The zero-order valence-corrected chi connectivity index (χ0v) is 19.0. The quantitative estimate of drug-likeness (QED) is 0.390. The smallest absolute Gasteiger partial charge is 0.435 e. The van der Waals surface area contributed by atoms with E-state index < -0.39 is 11.7 Å². The van der Waals surface area contributed by atoms with Gasteiger partial charge >= 0.3 is 6.09 Å². The van der Waals surface area contributed by atoms with E-state index in [0.29, 0.717) is 6.04 Å². The molecule has 32 heavy (non-hydrogen) atoms. The molecule has 0 N–H and O–H groups in total. The maximum Gasteiger partial charge on any atom is 0.435 e. The molecule has 0 bridgehead atoms. The normalized spacial score (nSPS) is 16.8. The first-order valence-electron chi connectivity index (χ1n) is 11.2. The van der Waals surface area contributed by atoms with Crippen LogP contribution in [0.1, 0.15) is 40.5 Å². The topological polar surface area (TPSA) is 60.2 Å². The first-order chi connectivity index (χ1) is 15.3. The average Bonchev–Trinajstić information content (AvgIpc) is 3.37. The number of rotatable bonds is 2. The number of anilines is 1. The maximum absolute atomic E-state index is 12.6. The van der Waals surface area contributed by atoms with Gasteiger partial charge in [-0.2, -0.15) is 9.78 Å². The molecule has 6 heteroatoms. The van der Waals surface area contributed by atoms with E-state index in [4.69, 9.17) is 9.72 Å². The van der Waals surface area contributed by atoms with Crippen LogP contribution >= 0.6 is 0 Å². The highest BCUT2D eigenvalue weighted by Crippen LogP contribution is 2.37. The Morgan fingerprint density at radius 2 is 1.91 bits per heavy atom. The van der Waals surface area contributed by atoms with Gasteiger partial charge in [0.05, 0.1) is 28.6 Å². The molecule has 164 valence electrons. The van der Waals surface area contributed by atoms with E-state index in [-0.39, 0.29) is 0 Å². The Labute approximate surface area is 187 Å². The lowest BCUT2D eigenvalue weighted by molar-refractivity contribution is 0.0522. The number of para-hydroxylation sites is 1. The van der Waals surface area contributed by atoms with Gasteiger partial charge in [0.25, 0.3) is 0 Å². The third-order valence-electron chi connectivity index (χ3n) is 5.97. The zero-order valence-electron chi connectivity index (χ0n) is 19.0. The fraction of sp³-hybridized carbons (Fsp3) is 0.346. The Bertz CT molecular complexity index is 1320. The minimum absolute atomic E-state index is 0.476. The second-order valence-electron chi connectivity index (χ2n) is 9.54. The van der Waals surface area contributed by atoms with E-state index in [9.17, 15) is 4.79 Å². The van der Waals surface area contributed by atoms with Crippen molar-refractivity contribution in [1.82, 2.24) is 14.8 Å². The van der Waals surface area contributed by atoms with Crippen molar-refractivity contribution < 1.29 is 9.53 Å². The molecule has 0 spiro atoms. The van der Waals surface area contributed by atoms with Gasteiger partial charge in [0, 0.05) is 28.9 Å². The van der Waals surface area contributed by atoms with Crippen molar-refractivity contribution in [2.24, 2.45) is 0 Å². The molecule has 0 saturated carbocycles. The SMILES string of the molecule is C[C@H]1CCCN1c1cc2ccccc2nc1-c1ccc2c(cnn2C(=O)OC(C)(C)C)c1. The van der Waals surface area contributed by atoms with Crippen molar-refractivity contribution in [1.29, 1.82) is 0 Å². The molecule has 6 nitrogen and oxygen atoms in total. The summed E-state index contributed by atoms with van der Waals surface area (Å²) >= 11 is 0. The summed E-state index contributed by atoms with van der Waals surface area (Å²) in [7, 11) is 0. The number of aromatic nitrogens is 3. The number of nitrogens with zero attached hydrogens (tertiary/aromatic N) is 4. The van der Waals surface area contributed by atoms with Crippen molar-refractivity contribution in [2.75, 3.05) is 11.4 Å². The number of pyridine rings is 1. The molecule has 1 aliphatic heterocycles. The van der Waals surface area contributed by atoms with Crippen molar-refractivity contribution in [2.45, 2.75) is 52.2 Å². The van der Waals surface area contributed by atoms with Gasteiger partial charge in [-0.25, -0.2) is 9.78 Å². The van der Waals surface area contributed by atoms with Crippen LogP contribution in [0.5, 0.6) is 0 Å². The molecule has 1 atom stereocenters. The van der Waals surface area contributed by atoms with Crippen LogP contribution < -0.4 is 4.90 Å². The van der Waals surface area contributed by atoms with E-state index in [1.165, 1.54) is 17.5 Å². The standard InChI is InChI=1S/C26H28N4O2/c1-17-8-7-13-29(17)23-15-18-9-5-6-10-21(18)28-24(23)19-11-12-22-20(14-19)16-27-30(22)25(31)32-26(2,3)4/h5-6,9-12,14-17H,7-8,13H2,1-4H3/t17-/m0/s1. The summed E-state index contributed by atoms with van der Waals surface area (Å²) < 4.78 is 6.82. The van der Waals surface area contributed by atoms with E-state index in [1.54, 1.807) is 6.20 Å². The molecule has 2 aromatic heterocycles.